The zero-order chi connectivity index (χ0) is 15.0. The molecule has 0 fully saturated rings. The molecule has 2 aromatic carbocycles. The van der Waals surface area contributed by atoms with E-state index in [2.05, 4.69) is 0 Å². The Morgan fingerprint density at radius 2 is 1.71 bits per heavy atom. The average Bonchev–Trinajstić information content (AvgIpc) is 2.51. The lowest BCUT2D eigenvalue weighted by Crippen LogP contribution is -2.16. The molecule has 1 heterocycles. The van der Waals surface area contributed by atoms with Crippen LogP contribution in [0.1, 0.15) is 15.9 Å². The van der Waals surface area contributed by atoms with Crippen molar-refractivity contribution in [3.8, 4) is 5.75 Å². The second kappa shape index (κ2) is 4.86. The minimum Gasteiger partial charge on any atom is -0.497 e. The van der Waals surface area contributed by atoms with Gasteiger partial charge in [0.25, 0.3) is 0 Å². The summed E-state index contributed by atoms with van der Waals surface area (Å²) in [6.07, 6.45) is 1.17. The fraction of sp³-hybridized carbons (Fsp3) is 0.0625. The summed E-state index contributed by atoms with van der Waals surface area (Å²) in [6, 6.07) is 13.0. The van der Waals surface area contributed by atoms with Gasteiger partial charge in [-0.15, -0.1) is 0 Å². The van der Waals surface area contributed by atoms with E-state index < -0.39 is 9.84 Å². The number of rotatable bonds is 2. The van der Waals surface area contributed by atoms with Crippen molar-refractivity contribution in [1.82, 2.24) is 0 Å². The third-order valence-corrected chi connectivity index (χ3v) is 5.22. The smallest absolute Gasteiger partial charge is 0.208 e. The number of carbonyl (C=O) groups is 1. The van der Waals surface area contributed by atoms with Crippen molar-refractivity contribution in [3.05, 3.63) is 65.7 Å². The number of hydrogen-bond donors (Lipinski definition) is 0. The first-order valence-corrected chi connectivity index (χ1v) is 7.77. The predicted molar refractivity (Wildman–Crippen MR) is 78.9 cm³/mol. The lowest BCUT2D eigenvalue weighted by atomic mass is 10.1. The fourth-order valence-electron chi connectivity index (χ4n) is 2.30. The van der Waals surface area contributed by atoms with E-state index in [0.29, 0.717) is 11.3 Å². The summed E-state index contributed by atoms with van der Waals surface area (Å²) in [6.45, 7) is 0. The van der Waals surface area contributed by atoms with Crippen LogP contribution in [0.3, 0.4) is 0 Å². The average molecular weight is 300 g/mol. The first kappa shape index (κ1) is 13.6. The van der Waals surface area contributed by atoms with Gasteiger partial charge in [0, 0.05) is 11.6 Å². The molecule has 5 heteroatoms. The molecule has 0 unspecified atom stereocenters. The second-order valence-electron chi connectivity index (χ2n) is 4.60. The normalized spacial score (nSPS) is 16.0. The number of fused-ring (bicyclic) bond motifs is 1. The van der Waals surface area contributed by atoms with Gasteiger partial charge >= 0.3 is 0 Å². The first-order valence-electron chi connectivity index (χ1n) is 6.28. The molecule has 1 aliphatic rings. The van der Waals surface area contributed by atoms with Crippen molar-refractivity contribution in [2.24, 2.45) is 0 Å². The summed E-state index contributed by atoms with van der Waals surface area (Å²) in [5, 5.41) is 0. The summed E-state index contributed by atoms with van der Waals surface area (Å²) < 4.78 is 30.4. The largest absolute Gasteiger partial charge is 0.497 e. The predicted octanol–water partition coefficient (Wildman–Crippen LogP) is 2.71. The summed E-state index contributed by atoms with van der Waals surface area (Å²) in [4.78, 5) is 12.3. The maximum absolute atomic E-state index is 12.7. The van der Waals surface area contributed by atoms with E-state index in [1.807, 2.05) is 0 Å². The van der Waals surface area contributed by atoms with Crippen LogP contribution < -0.4 is 4.74 Å². The van der Waals surface area contributed by atoms with Crippen LogP contribution >= 0.6 is 0 Å². The molecule has 0 N–H and O–H groups in total. The lowest BCUT2D eigenvalue weighted by molar-refractivity contribution is 0.104. The van der Waals surface area contributed by atoms with Gasteiger partial charge in [0.15, 0.2) is 5.78 Å². The monoisotopic (exact) mass is 300 g/mol. The third kappa shape index (κ3) is 2.15. The number of ketones is 1. The number of carbonyl (C=O) groups excluding carboxylic acids is 1. The van der Waals surface area contributed by atoms with Crippen LogP contribution in [-0.2, 0) is 9.84 Å². The standard InChI is InChI=1S/C16H12O4S/c1-20-12-7-8-15-13(9-12)14(17)10-16(21(15,18)19)11-5-3-2-4-6-11/h2-10H,1H3. The van der Waals surface area contributed by atoms with E-state index in [1.54, 1.807) is 30.3 Å². The van der Waals surface area contributed by atoms with Crippen LogP contribution in [0.25, 0.3) is 4.91 Å². The number of benzene rings is 2. The van der Waals surface area contributed by atoms with E-state index in [4.69, 9.17) is 4.74 Å². The molecule has 0 saturated carbocycles. The van der Waals surface area contributed by atoms with Crippen molar-refractivity contribution in [2.45, 2.75) is 4.90 Å². The Morgan fingerprint density at radius 1 is 1.00 bits per heavy atom. The van der Waals surface area contributed by atoms with Crippen LogP contribution in [0.4, 0.5) is 0 Å². The lowest BCUT2D eigenvalue weighted by Gasteiger charge is -2.17. The second-order valence-corrected chi connectivity index (χ2v) is 6.49. The van der Waals surface area contributed by atoms with Gasteiger partial charge in [-0.25, -0.2) is 8.42 Å². The number of allylic oxidation sites excluding steroid dienone is 1. The van der Waals surface area contributed by atoms with Gasteiger partial charge in [-0.3, -0.25) is 4.79 Å². The molecule has 106 valence electrons. The topological polar surface area (TPSA) is 60.4 Å². The fourth-order valence-corrected chi connectivity index (χ4v) is 3.94. The molecule has 0 spiro atoms. The molecule has 1 aliphatic heterocycles. The van der Waals surface area contributed by atoms with Crippen LogP contribution in [0.15, 0.2) is 59.5 Å². The Kier molecular flexibility index (Phi) is 3.14. The zero-order valence-corrected chi connectivity index (χ0v) is 12.1. The maximum Gasteiger partial charge on any atom is 0.208 e. The van der Waals surface area contributed by atoms with Crippen molar-refractivity contribution in [1.29, 1.82) is 0 Å². The van der Waals surface area contributed by atoms with Crippen LogP contribution in [-0.4, -0.2) is 21.3 Å². The highest BCUT2D eigenvalue weighted by Gasteiger charge is 2.32. The Labute approximate surface area is 122 Å². The molecule has 0 radical (unpaired) electrons. The number of hydrogen-bond acceptors (Lipinski definition) is 4. The molecular formula is C16H12O4S. The molecule has 4 nitrogen and oxygen atoms in total. The molecule has 0 atom stereocenters. The Bertz CT molecular complexity index is 849. The Hall–Kier alpha value is -2.40. The van der Waals surface area contributed by atoms with Crippen molar-refractivity contribution < 1.29 is 17.9 Å². The van der Waals surface area contributed by atoms with Gasteiger partial charge in [0.1, 0.15) is 5.75 Å². The molecule has 0 aromatic heterocycles. The quantitative estimate of drug-likeness (QED) is 0.855. The molecule has 0 saturated heterocycles. The first-order chi connectivity index (χ1) is 10.0. The third-order valence-electron chi connectivity index (χ3n) is 3.35. The number of methoxy groups -OCH3 is 1. The van der Waals surface area contributed by atoms with E-state index in [1.165, 1.54) is 31.4 Å². The van der Waals surface area contributed by atoms with Gasteiger partial charge < -0.3 is 4.74 Å². The van der Waals surface area contributed by atoms with E-state index in [9.17, 15) is 13.2 Å². The molecular weight excluding hydrogens is 288 g/mol. The summed E-state index contributed by atoms with van der Waals surface area (Å²) >= 11 is 0. The van der Waals surface area contributed by atoms with Crippen molar-refractivity contribution in [3.63, 3.8) is 0 Å². The Morgan fingerprint density at radius 3 is 2.38 bits per heavy atom. The van der Waals surface area contributed by atoms with Gasteiger partial charge in [0.2, 0.25) is 9.84 Å². The summed E-state index contributed by atoms with van der Waals surface area (Å²) in [7, 11) is -2.24. The van der Waals surface area contributed by atoms with Crippen molar-refractivity contribution >= 4 is 20.5 Å². The molecule has 0 aliphatic carbocycles. The van der Waals surface area contributed by atoms with Crippen molar-refractivity contribution in [2.75, 3.05) is 7.11 Å². The SMILES string of the molecule is COc1ccc2c(c1)C(=O)C=C(c1ccccc1)S2(=O)=O. The number of sulfone groups is 1. The molecule has 0 amide bonds. The highest BCUT2D eigenvalue weighted by molar-refractivity contribution is 8.00. The maximum atomic E-state index is 12.7. The highest BCUT2D eigenvalue weighted by Crippen LogP contribution is 2.36. The number of ether oxygens (including phenoxy) is 1. The molecule has 3 rings (SSSR count). The van der Waals surface area contributed by atoms with Gasteiger partial charge in [-0.05, 0) is 23.8 Å². The van der Waals surface area contributed by atoms with Gasteiger partial charge in [-0.1, -0.05) is 30.3 Å². The van der Waals surface area contributed by atoms with E-state index >= 15 is 0 Å². The minimum atomic E-state index is -3.71. The van der Waals surface area contributed by atoms with Crippen LogP contribution in [0.5, 0.6) is 5.75 Å². The zero-order valence-electron chi connectivity index (χ0n) is 11.2. The van der Waals surface area contributed by atoms with E-state index in [-0.39, 0.29) is 21.1 Å². The molecule has 2 aromatic rings. The Balaban J connectivity index is 2.23. The summed E-state index contributed by atoms with van der Waals surface area (Å²) in [5.74, 6) is 0.117. The highest BCUT2D eigenvalue weighted by atomic mass is 32.2. The van der Waals surface area contributed by atoms with Gasteiger partial charge in [0.05, 0.1) is 16.9 Å². The van der Waals surface area contributed by atoms with Crippen LogP contribution in [0.2, 0.25) is 0 Å². The molecule has 0 bridgehead atoms. The minimum absolute atomic E-state index is 0.0228. The van der Waals surface area contributed by atoms with Gasteiger partial charge in [-0.2, -0.15) is 0 Å². The van der Waals surface area contributed by atoms with E-state index in [0.717, 1.165) is 0 Å². The summed E-state index contributed by atoms with van der Waals surface area (Å²) in [5.41, 5.74) is 0.654. The molecule has 21 heavy (non-hydrogen) atoms. The van der Waals surface area contributed by atoms with Crippen LogP contribution in [0, 0.1) is 0 Å².